The number of hydrogen-bond acceptors (Lipinski definition) is 2. The Balaban J connectivity index is 3.20. The second-order valence-electron chi connectivity index (χ2n) is 3.38. The van der Waals surface area contributed by atoms with Gasteiger partial charge in [-0.3, -0.25) is 0 Å². The highest BCUT2D eigenvalue weighted by atomic mass is 79.9. The van der Waals surface area contributed by atoms with E-state index < -0.39 is 12.2 Å². The van der Waals surface area contributed by atoms with E-state index in [-0.39, 0.29) is 11.3 Å². The molecule has 2 nitrogen and oxygen atoms in total. The summed E-state index contributed by atoms with van der Waals surface area (Å²) in [5.74, 6) is 0.243. The molecule has 0 saturated heterocycles. The summed E-state index contributed by atoms with van der Waals surface area (Å²) < 4.78 is 44.3. The summed E-state index contributed by atoms with van der Waals surface area (Å²) in [6.07, 6.45) is -4.36. The molecule has 0 spiro atoms. The number of alkyl halides is 3. The molecule has 1 atom stereocenters. The van der Waals surface area contributed by atoms with E-state index in [0.717, 1.165) is 0 Å². The van der Waals surface area contributed by atoms with Crippen LogP contribution in [-0.4, -0.2) is 19.8 Å². The van der Waals surface area contributed by atoms with Crippen molar-refractivity contribution in [1.29, 1.82) is 0 Å². The van der Waals surface area contributed by atoms with Crippen LogP contribution in [0.3, 0.4) is 0 Å². The predicted molar refractivity (Wildman–Crippen MR) is 63.2 cm³/mol. The van der Waals surface area contributed by atoms with Crippen LogP contribution in [0.2, 0.25) is 0 Å². The van der Waals surface area contributed by atoms with Crippen LogP contribution in [-0.2, 0) is 0 Å². The molecule has 1 N–H and O–H groups in total. The summed E-state index contributed by atoms with van der Waals surface area (Å²) >= 11 is 3.16. The van der Waals surface area contributed by atoms with E-state index in [9.17, 15) is 13.2 Å². The van der Waals surface area contributed by atoms with Crippen LogP contribution in [0.4, 0.5) is 13.2 Å². The topological polar surface area (TPSA) is 21.3 Å². The third kappa shape index (κ3) is 3.61. The SMILES string of the molecule is CCOc1ccc(Br)cc1C(NC)C(F)(F)F. The van der Waals surface area contributed by atoms with Gasteiger partial charge >= 0.3 is 6.18 Å². The fraction of sp³-hybridized carbons (Fsp3) is 0.455. The van der Waals surface area contributed by atoms with Crippen LogP contribution < -0.4 is 10.1 Å². The molecule has 0 radical (unpaired) electrons. The molecule has 1 unspecified atom stereocenters. The molecule has 1 aromatic rings. The first-order valence-corrected chi connectivity index (χ1v) is 5.85. The second kappa shape index (κ2) is 5.73. The molecule has 0 heterocycles. The number of rotatable bonds is 4. The van der Waals surface area contributed by atoms with Crippen LogP contribution >= 0.6 is 15.9 Å². The van der Waals surface area contributed by atoms with Crippen molar-refractivity contribution in [3.05, 3.63) is 28.2 Å². The molecule has 96 valence electrons. The van der Waals surface area contributed by atoms with Gasteiger partial charge in [0.15, 0.2) is 0 Å². The minimum absolute atomic E-state index is 0.0798. The first-order valence-electron chi connectivity index (χ1n) is 5.06. The van der Waals surface area contributed by atoms with Gasteiger partial charge in [-0.05, 0) is 32.2 Å². The molecule has 0 amide bonds. The summed E-state index contributed by atoms with van der Waals surface area (Å²) in [5.41, 5.74) is 0.0798. The monoisotopic (exact) mass is 311 g/mol. The smallest absolute Gasteiger partial charge is 0.408 e. The minimum atomic E-state index is -4.36. The standard InChI is InChI=1S/C11H13BrF3NO/c1-3-17-9-5-4-7(12)6-8(9)10(16-2)11(13,14)15/h4-6,10,16H,3H2,1-2H3. The summed E-state index contributed by atoms with van der Waals surface area (Å²) in [6.45, 7) is 2.05. The van der Waals surface area contributed by atoms with Crippen LogP contribution in [0.15, 0.2) is 22.7 Å². The third-order valence-corrected chi connectivity index (χ3v) is 2.69. The molecule has 6 heteroatoms. The zero-order valence-corrected chi connectivity index (χ0v) is 11.0. The Hall–Kier alpha value is -0.750. The molecule has 1 rings (SSSR count). The molecule has 0 aromatic heterocycles. The first kappa shape index (κ1) is 14.3. The van der Waals surface area contributed by atoms with Gasteiger partial charge in [-0.2, -0.15) is 13.2 Å². The highest BCUT2D eigenvalue weighted by molar-refractivity contribution is 9.10. The van der Waals surface area contributed by atoms with Gasteiger partial charge in [0.25, 0.3) is 0 Å². The fourth-order valence-electron chi connectivity index (χ4n) is 1.53. The number of nitrogens with one attached hydrogen (secondary N) is 1. The Morgan fingerprint density at radius 2 is 2.06 bits per heavy atom. The maximum Gasteiger partial charge on any atom is 0.408 e. The van der Waals surface area contributed by atoms with Gasteiger partial charge in [0.05, 0.1) is 6.61 Å². The van der Waals surface area contributed by atoms with Crippen molar-refractivity contribution in [2.24, 2.45) is 0 Å². The van der Waals surface area contributed by atoms with Gasteiger partial charge in [0.2, 0.25) is 0 Å². The van der Waals surface area contributed by atoms with Crippen LogP contribution in [0.25, 0.3) is 0 Å². The van der Waals surface area contributed by atoms with Crippen LogP contribution in [0, 0.1) is 0 Å². The largest absolute Gasteiger partial charge is 0.494 e. The van der Waals surface area contributed by atoms with Crippen molar-refractivity contribution in [1.82, 2.24) is 5.32 Å². The van der Waals surface area contributed by atoms with E-state index >= 15 is 0 Å². The summed E-state index contributed by atoms with van der Waals surface area (Å²) in [7, 11) is 1.27. The Bertz CT molecular complexity index is 381. The van der Waals surface area contributed by atoms with Gasteiger partial charge in [-0.25, -0.2) is 0 Å². The van der Waals surface area contributed by atoms with Gasteiger partial charge in [0.1, 0.15) is 11.8 Å². The van der Waals surface area contributed by atoms with Crippen molar-refractivity contribution in [2.75, 3.05) is 13.7 Å². The highest BCUT2D eigenvalue weighted by Gasteiger charge is 2.41. The van der Waals surface area contributed by atoms with Gasteiger partial charge in [0, 0.05) is 10.0 Å². The number of halogens is 4. The van der Waals surface area contributed by atoms with E-state index in [1.807, 2.05) is 0 Å². The summed E-state index contributed by atoms with van der Waals surface area (Å²) in [4.78, 5) is 0. The van der Waals surface area contributed by atoms with Gasteiger partial charge in [-0.15, -0.1) is 0 Å². The van der Waals surface area contributed by atoms with Gasteiger partial charge < -0.3 is 10.1 Å². The Morgan fingerprint density at radius 1 is 1.41 bits per heavy atom. The average molecular weight is 312 g/mol. The molecular weight excluding hydrogens is 299 g/mol. The van der Waals surface area contributed by atoms with E-state index in [4.69, 9.17) is 4.74 Å². The number of benzene rings is 1. The molecule has 17 heavy (non-hydrogen) atoms. The Kier molecular flexibility index (Phi) is 4.82. The van der Waals surface area contributed by atoms with Crippen LogP contribution in [0.5, 0.6) is 5.75 Å². The molecule has 1 aromatic carbocycles. The zero-order chi connectivity index (χ0) is 13.1. The van der Waals surface area contributed by atoms with Crippen LogP contribution in [0.1, 0.15) is 18.5 Å². The lowest BCUT2D eigenvalue weighted by molar-refractivity contribution is -0.156. The van der Waals surface area contributed by atoms with E-state index in [2.05, 4.69) is 21.2 Å². The van der Waals surface area contributed by atoms with Crippen molar-refractivity contribution in [3.63, 3.8) is 0 Å². The van der Waals surface area contributed by atoms with Gasteiger partial charge in [-0.1, -0.05) is 15.9 Å². The second-order valence-corrected chi connectivity index (χ2v) is 4.29. The molecule has 0 fully saturated rings. The number of ether oxygens (including phenoxy) is 1. The average Bonchev–Trinajstić information content (AvgIpc) is 2.21. The predicted octanol–water partition coefficient (Wildman–Crippen LogP) is 3.67. The van der Waals surface area contributed by atoms with Crippen molar-refractivity contribution >= 4 is 15.9 Å². The number of hydrogen-bond donors (Lipinski definition) is 1. The normalized spacial score (nSPS) is 13.5. The van der Waals surface area contributed by atoms with Crippen molar-refractivity contribution in [3.8, 4) is 5.75 Å². The van der Waals surface area contributed by atoms with E-state index in [0.29, 0.717) is 11.1 Å². The van der Waals surface area contributed by atoms with Crippen molar-refractivity contribution in [2.45, 2.75) is 19.1 Å². The lowest BCUT2D eigenvalue weighted by Crippen LogP contribution is -2.32. The lowest BCUT2D eigenvalue weighted by Gasteiger charge is -2.22. The maximum absolute atomic E-state index is 12.8. The maximum atomic E-state index is 12.8. The first-order chi connectivity index (χ1) is 7.90. The summed E-state index contributed by atoms with van der Waals surface area (Å²) in [5, 5.41) is 2.26. The highest BCUT2D eigenvalue weighted by Crippen LogP contribution is 2.38. The molecule has 0 bridgehead atoms. The minimum Gasteiger partial charge on any atom is -0.494 e. The molecular formula is C11H13BrF3NO. The molecule has 0 aliphatic carbocycles. The molecule has 0 aliphatic heterocycles. The Labute approximate surface area is 106 Å². The summed E-state index contributed by atoms with van der Waals surface area (Å²) in [6, 6.07) is 2.86. The van der Waals surface area contributed by atoms with Crippen molar-refractivity contribution < 1.29 is 17.9 Å². The van der Waals surface area contributed by atoms with E-state index in [1.54, 1.807) is 13.0 Å². The lowest BCUT2D eigenvalue weighted by atomic mass is 10.1. The molecule has 0 saturated carbocycles. The fourth-order valence-corrected chi connectivity index (χ4v) is 1.91. The van der Waals surface area contributed by atoms with E-state index in [1.165, 1.54) is 19.2 Å². The zero-order valence-electron chi connectivity index (χ0n) is 9.44. The Morgan fingerprint density at radius 3 is 2.53 bits per heavy atom. The third-order valence-electron chi connectivity index (χ3n) is 2.20. The quantitative estimate of drug-likeness (QED) is 0.916. The molecule has 0 aliphatic rings.